The Morgan fingerprint density at radius 2 is 2.17 bits per heavy atom. The maximum absolute atomic E-state index is 10.8. The van der Waals surface area contributed by atoms with Crippen LogP contribution in [0.25, 0.3) is 0 Å². The Kier molecular flexibility index (Phi) is 4.97. The molecule has 3 nitrogen and oxygen atoms in total. The fourth-order valence-corrected chi connectivity index (χ4v) is 1.12. The van der Waals surface area contributed by atoms with Crippen LogP contribution >= 0.6 is 11.8 Å². The maximum atomic E-state index is 10.8. The van der Waals surface area contributed by atoms with E-state index in [1.807, 2.05) is 0 Å². The molecule has 12 heavy (non-hydrogen) atoms. The van der Waals surface area contributed by atoms with Gasteiger partial charge in [-0.15, -0.1) is 11.8 Å². The highest BCUT2D eigenvalue weighted by atomic mass is 32.2. The van der Waals surface area contributed by atoms with Gasteiger partial charge in [0.1, 0.15) is 6.29 Å². The van der Waals surface area contributed by atoms with Crippen molar-refractivity contribution in [3.05, 3.63) is 0 Å². The van der Waals surface area contributed by atoms with Gasteiger partial charge in [-0.05, 0) is 20.8 Å². The predicted molar refractivity (Wildman–Crippen MR) is 49.2 cm³/mol. The SMILES string of the molecule is CCOC(=O)CSC(C)(C)C=O. The van der Waals surface area contributed by atoms with Gasteiger partial charge in [0.15, 0.2) is 0 Å². The van der Waals surface area contributed by atoms with E-state index in [0.717, 1.165) is 6.29 Å². The third kappa shape index (κ3) is 5.18. The van der Waals surface area contributed by atoms with Crippen molar-refractivity contribution in [2.24, 2.45) is 0 Å². The number of carbonyl (C=O) groups is 2. The molecule has 0 fully saturated rings. The fourth-order valence-electron chi connectivity index (χ4n) is 0.482. The average Bonchev–Trinajstić information content (AvgIpc) is 2.02. The van der Waals surface area contributed by atoms with Crippen LogP contribution in [-0.2, 0) is 14.3 Å². The van der Waals surface area contributed by atoms with E-state index >= 15 is 0 Å². The number of esters is 1. The molecule has 0 aliphatic rings. The second kappa shape index (κ2) is 5.19. The Morgan fingerprint density at radius 3 is 2.58 bits per heavy atom. The van der Waals surface area contributed by atoms with Crippen molar-refractivity contribution in [3.63, 3.8) is 0 Å². The van der Waals surface area contributed by atoms with Crippen LogP contribution in [0.2, 0.25) is 0 Å². The Hall–Kier alpha value is -0.510. The van der Waals surface area contributed by atoms with Crippen LogP contribution in [0.3, 0.4) is 0 Å². The number of ether oxygens (including phenoxy) is 1. The molecule has 0 aliphatic heterocycles. The zero-order valence-electron chi connectivity index (χ0n) is 7.62. The summed E-state index contributed by atoms with van der Waals surface area (Å²) in [7, 11) is 0. The minimum absolute atomic E-state index is 0.236. The molecule has 0 atom stereocenters. The van der Waals surface area contributed by atoms with Crippen molar-refractivity contribution in [2.45, 2.75) is 25.5 Å². The normalized spacial score (nSPS) is 10.9. The lowest BCUT2D eigenvalue weighted by atomic mass is 10.2. The molecule has 0 saturated heterocycles. The lowest BCUT2D eigenvalue weighted by molar-refractivity contribution is -0.139. The number of aldehydes is 1. The molecule has 4 heteroatoms. The summed E-state index contributed by atoms with van der Waals surface area (Å²) in [5.41, 5.74) is 0. The quantitative estimate of drug-likeness (QED) is 0.483. The first kappa shape index (κ1) is 11.5. The van der Waals surface area contributed by atoms with E-state index in [4.69, 9.17) is 4.74 Å². The van der Waals surface area contributed by atoms with Crippen LogP contribution < -0.4 is 0 Å². The molecule has 0 radical (unpaired) electrons. The van der Waals surface area contributed by atoms with Crippen LogP contribution in [0.15, 0.2) is 0 Å². The molecule has 0 rings (SSSR count). The zero-order chi connectivity index (χ0) is 9.61. The molecule has 0 bridgehead atoms. The van der Waals surface area contributed by atoms with Crippen LogP contribution in [0.5, 0.6) is 0 Å². The summed E-state index contributed by atoms with van der Waals surface area (Å²) < 4.78 is 4.21. The lowest BCUT2D eigenvalue weighted by Gasteiger charge is -2.14. The monoisotopic (exact) mass is 190 g/mol. The molecule has 0 aromatic heterocycles. The summed E-state index contributed by atoms with van der Waals surface area (Å²) in [4.78, 5) is 21.3. The Labute approximate surface area is 76.9 Å². The van der Waals surface area contributed by atoms with Crippen molar-refractivity contribution < 1.29 is 14.3 Å². The topological polar surface area (TPSA) is 43.4 Å². The molecule has 0 amide bonds. The first-order chi connectivity index (χ1) is 5.52. The van der Waals surface area contributed by atoms with Crippen molar-refractivity contribution in [1.82, 2.24) is 0 Å². The van der Waals surface area contributed by atoms with E-state index < -0.39 is 4.75 Å². The van der Waals surface area contributed by atoms with E-state index in [0.29, 0.717) is 6.61 Å². The minimum atomic E-state index is -0.493. The summed E-state index contributed by atoms with van der Waals surface area (Å²) in [5, 5.41) is 0. The van der Waals surface area contributed by atoms with Gasteiger partial charge in [-0.3, -0.25) is 4.79 Å². The zero-order valence-corrected chi connectivity index (χ0v) is 8.44. The van der Waals surface area contributed by atoms with Crippen LogP contribution in [0.4, 0.5) is 0 Å². The van der Waals surface area contributed by atoms with E-state index in [9.17, 15) is 9.59 Å². The highest BCUT2D eigenvalue weighted by Gasteiger charge is 2.18. The third-order valence-corrected chi connectivity index (χ3v) is 2.37. The standard InChI is InChI=1S/C8H14O3S/c1-4-11-7(10)5-12-8(2,3)6-9/h6H,4-5H2,1-3H3. The number of hydrogen-bond donors (Lipinski definition) is 0. The summed E-state index contributed by atoms with van der Waals surface area (Å²) in [6, 6.07) is 0. The molecule has 70 valence electrons. The Morgan fingerprint density at radius 1 is 1.58 bits per heavy atom. The summed E-state index contributed by atoms with van der Waals surface area (Å²) in [5.74, 6) is -0.0306. The highest BCUT2D eigenvalue weighted by Crippen LogP contribution is 2.21. The molecular formula is C8H14O3S. The smallest absolute Gasteiger partial charge is 0.315 e. The molecule has 0 saturated carbocycles. The van der Waals surface area contributed by atoms with E-state index in [1.54, 1.807) is 20.8 Å². The van der Waals surface area contributed by atoms with Gasteiger partial charge in [0.2, 0.25) is 0 Å². The van der Waals surface area contributed by atoms with Crippen molar-refractivity contribution >= 4 is 24.0 Å². The molecular weight excluding hydrogens is 176 g/mol. The van der Waals surface area contributed by atoms with Crippen molar-refractivity contribution in [3.8, 4) is 0 Å². The third-order valence-electron chi connectivity index (χ3n) is 1.15. The summed E-state index contributed by atoms with van der Waals surface area (Å²) in [6.07, 6.45) is 0.830. The molecule has 0 spiro atoms. The molecule has 0 heterocycles. The largest absolute Gasteiger partial charge is 0.465 e. The second-order valence-corrected chi connectivity index (χ2v) is 4.44. The lowest BCUT2D eigenvalue weighted by Crippen LogP contribution is -2.20. The molecule has 0 N–H and O–H groups in total. The van der Waals surface area contributed by atoms with E-state index in [1.165, 1.54) is 11.8 Å². The van der Waals surface area contributed by atoms with Gasteiger partial charge in [-0.1, -0.05) is 0 Å². The summed E-state index contributed by atoms with van der Waals surface area (Å²) >= 11 is 1.28. The van der Waals surface area contributed by atoms with Gasteiger partial charge in [-0.2, -0.15) is 0 Å². The first-order valence-corrected chi connectivity index (χ1v) is 4.76. The van der Waals surface area contributed by atoms with Crippen LogP contribution in [0.1, 0.15) is 20.8 Å². The van der Waals surface area contributed by atoms with Crippen LogP contribution in [-0.4, -0.2) is 29.4 Å². The predicted octanol–water partition coefficient (Wildman–Crippen LogP) is 1.26. The molecule has 0 unspecified atom stereocenters. The van der Waals surface area contributed by atoms with Crippen LogP contribution in [0, 0.1) is 0 Å². The minimum Gasteiger partial charge on any atom is -0.465 e. The van der Waals surface area contributed by atoms with E-state index in [-0.39, 0.29) is 11.7 Å². The molecule has 0 aliphatic carbocycles. The second-order valence-electron chi connectivity index (χ2n) is 2.81. The van der Waals surface area contributed by atoms with Gasteiger partial charge < -0.3 is 9.53 Å². The molecule has 0 aromatic rings. The summed E-state index contributed by atoms with van der Waals surface area (Å²) in [6.45, 7) is 5.68. The Bertz CT molecular complexity index is 166. The number of thioether (sulfide) groups is 1. The average molecular weight is 190 g/mol. The molecule has 0 aromatic carbocycles. The van der Waals surface area contributed by atoms with E-state index in [2.05, 4.69) is 0 Å². The maximum Gasteiger partial charge on any atom is 0.315 e. The number of carbonyl (C=O) groups excluding carboxylic acids is 2. The Balaban J connectivity index is 3.67. The van der Waals surface area contributed by atoms with Gasteiger partial charge >= 0.3 is 5.97 Å². The van der Waals surface area contributed by atoms with Gasteiger partial charge in [0.05, 0.1) is 17.1 Å². The number of hydrogen-bond acceptors (Lipinski definition) is 4. The van der Waals surface area contributed by atoms with Crippen molar-refractivity contribution in [2.75, 3.05) is 12.4 Å². The van der Waals surface area contributed by atoms with Gasteiger partial charge in [0.25, 0.3) is 0 Å². The number of rotatable bonds is 5. The first-order valence-electron chi connectivity index (χ1n) is 3.77. The van der Waals surface area contributed by atoms with Crippen molar-refractivity contribution in [1.29, 1.82) is 0 Å². The highest BCUT2D eigenvalue weighted by molar-refractivity contribution is 8.01. The van der Waals surface area contributed by atoms with Gasteiger partial charge in [-0.25, -0.2) is 0 Å². The fraction of sp³-hybridized carbons (Fsp3) is 0.750. The van der Waals surface area contributed by atoms with Gasteiger partial charge in [0, 0.05) is 0 Å².